The van der Waals surface area contributed by atoms with Crippen molar-refractivity contribution in [3.63, 3.8) is 0 Å². The van der Waals surface area contributed by atoms with Crippen molar-refractivity contribution in [2.75, 3.05) is 18.9 Å². The van der Waals surface area contributed by atoms with Crippen LogP contribution in [0.1, 0.15) is 13.3 Å². The summed E-state index contributed by atoms with van der Waals surface area (Å²) in [5.74, 6) is -2.40. The average Bonchev–Trinajstić information content (AvgIpc) is 2.74. The van der Waals surface area contributed by atoms with Crippen LogP contribution in [-0.2, 0) is 14.8 Å². The Morgan fingerprint density at radius 3 is 2.76 bits per heavy atom. The Morgan fingerprint density at radius 2 is 2.19 bits per heavy atom. The highest BCUT2D eigenvalue weighted by Crippen LogP contribution is 2.26. The lowest BCUT2D eigenvalue weighted by atomic mass is 9.97. The van der Waals surface area contributed by atoms with Gasteiger partial charge in [-0.15, -0.1) is 0 Å². The molecule has 9 heteroatoms. The Kier molecular flexibility index (Phi) is 4.20. The molecule has 1 saturated heterocycles. The number of ether oxygens (including phenoxy) is 1. The average molecular weight is 322 g/mol. The van der Waals surface area contributed by atoms with Crippen LogP contribution >= 0.6 is 0 Å². The molecule has 0 aromatic heterocycles. The third-order valence-electron chi connectivity index (χ3n) is 3.61. The number of rotatable bonds is 4. The molecular formula is C12H16F2N2O4S. The second-order valence-electron chi connectivity index (χ2n) is 4.96. The van der Waals surface area contributed by atoms with Gasteiger partial charge in [0.2, 0.25) is 10.0 Å². The van der Waals surface area contributed by atoms with Gasteiger partial charge in [0.1, 0.15) is 22.0 Å². The third-order valence-corrected chi connectivity index (χ3v) is 5.03. The lowest BCUT2D eigenvalue weighted by Crippen LogP contribution is -2.47. The highest BCUT2D eigenvalue weighted by molar-refractivity contribution is 7.89. The van der Waals surface area contributed by atoms with Gasteiger partial charge < -0.3 is 15.6 Å². The normalized spacial score (nSPS) is 26.2. The van der Waals surface area contributed by atoms with E-state index in [4.69, 9.17) is 10.5 Å². The molecule has 118 valence electrons. The van der Waals surface area contributed by atoms with E-state index >= 15 is 0 Å². The molecule has 0 bridgehead atoms. The summed E-state index contributed by atoms with van der Waals surface area (Å²) in [4.78, 5) is -0.767. The van der Waals surface area contributed by atoms with Gasteiger partial charge in [-0.3, -0.25) is 0 Å². The molecule has 21 heavy (non-hydrogen) atoms. The Balaban J connectivity index is 2.22. The monoisotopic (exact) mass is 322 g/mol. The number of nitrogens with one attached hydrogen (secondary N) is 1. The number of halogens is 2. The van der Waals surface area contributed by atoms with E-state index in [2.05, 4.69) is 4.72 Å². The topological polar surface area (TPSA) is 102 Å². The van der Waals surface area contributed by atoms with Crippen LogP contribution in [-0.4, -0.2) is 38.4 Å². The summed E-state index contributed by atoms with van der Waals surface area (Å²) in [6.07, 6.45) is -0.298. The van der Waals surface area contributed by atoms with Crippen LogP contribution in [0.5, 0.6) is 0 Å². The minimum absolute atomic E-state index is 0.255. The molecule has 0 amide bonds. The fourth-order valence-corrected chi connectivity index (χ4v) is 3.25. The first-order valence-electron chi connectivity index (χ1n) is 6.24. The summed E-state index contributed by atoms with van der Waals surface area (Å²) in [6.45, 7) is 1.57. The van der Waals surface area contributed by atoms with Gasteiger partial charge in [-0.2, -0.15) is 0 Å². The molecule has 0 aliphatic carbocycles. The standard InChI is InChI=1S/C12H16F2N2O4S/c1-7-12(17,4-5-20-7)6-16-21(18,19)9-3-2-8(13)11(15)10(9)14/h2-3,7,16-17H,4-6,15H2,1H3. The van der Waals surface area contributed by atoms with E-state index in [0.29, 0.717) is 6.61 Å². The van der Waals surface area contributed by atoms with E-state index in [1.54, 1.807) is 6.92 Å². The minimum atomic E-state index is -4.27. The lowest BCUT2D eigenvalue weighted by molar-refractivity contribution is -0.0228. The number of nitrogens with two attached hydrogens (primary N) is 1. The van der Waals surface area contributed by atoms with E-state index < -0.39 is 43.9 Å². The van der Waals surface area contributed by atoms with Gasteiger partial charge in [-0.25, -0.2) is 21.9 Å². The van der Waals surface area contributed by atoms with E-state index in [-0.39, 0.29) is 13.0 Å². The van der Waals surface area contributed by atoms with E-state index in [9.17, 15) is 22.3 Å². The van der Waals surface area contributed by atoms with Gasteiger partial charge in [-0.1, -0.05) is 0 Å². The van der Waals surface area contributed by atoms with Crippen LogP contribution in [0.3, 0.4) is 0 Å². The summed E-state index contributed by atoms with van der Waals surface area (Å²) in [5, 5.41) is 10.2. The molecule has 6 nitrogen and oxygen atoms in total. The van der Waals surface area contributed by atoms with Gasteiger partial charge in [0.05, 0.1) is 6.10 Å². The van der Waals surface area contributed by atoms with Crippen LogP contribution in [0.2, 0.25) is 0 Å². The maximum Gasteiger partial charge on any atom is 0.243 e. The predicted molar refractivity (Wildman–Crippen MR) is 70.9 cm³/mol. The highest BCUT2D eigenvalue weighted by atomic mass is 32.2. The lowest BCUT2D eigenvalue weighted by Gasteiger charge is -2.26. The summed E-state index contributed by atoms with van der Waals surface area (Å²) in [6, 6.07) is 1.55. The Hall–Kier alpha value is -1.29. The van der Waals surface area contributed by atoms with Gasteiger partial charge >= 0.3 is 0 Å². The molecule has 1 heterocycles. The zero-order valence-electron chi connectivity index (χ0n) is 11.3. The summed E-state index contributed by atoms with van der Waals surface area (Å²) < 4.78 is 58.2. The Labute approximate surface area is 121 Å². The molecule has 1 fully saturated rings. The van der Waals surface area contributed by atoms with Crippen LogP contribution in [0.4, 0.5) is 14.5 Å². The molecule has 4 N–H and O–H groups in total. The molecule has 2 rings (SSSR count). The number of aliphatic hydroxyl groups is 1. The Morgan fingerprint density at radius 1 is 1.52 bits per heavy atom. The molecule has 2 atom stereocenters. The molecule has 0 saturated carbocycles. The molecule has 1 aromatic rings. The van der Waals surface area contributed by atoms with E-state index in [0.717, 1.165) is 12.1 Å². The largest absolute Gasteiger partial charge is 0.394 e. The van der Waals surface area contributed by atoms with Crippen molar-refractivity contribution in [1.82, 2.24) is 4.72 Å². The van der Waals surface area contributed by atoms with E-state index in [1.807, 2.05) is 0 Å². The number of anilines is 1. The first-order valence-corrected chi connectivity index (χ1v) is 7.73. The number of nitrogen functional groups attached to an aromatic ring is 1. The van der Waals surface area contributed by atoms with Gasteiger partial charge in [0.15, 0.2) is 5.82 Å². The second-order valence-corrected chi connectivity index (χ2v) is 6.70. The maximum atomic E-state index is 13.8. The fourth-order valence-electron chi connectivity index (χ4n) is 2.06. The molecule has 0 radical (unpaired) electrons. The van der Waals surface area contributed by atoms with E-state index in [1.165, 1.54) is 0 Å². The zero-order chi connectivity index (χ0) is 15.8. The molecule has 1 aliphatic rings. The number of benzene rings is 1. The first kappa shape index (κ1) is 16.1. The summed E-state index contributed by atoms with van der Waals surface area (Å²) >= 11 is 0. The number of sulfonamides is 1. The van der Waals surface area contributed by atoms with Crippen LogP contribution in [0.25, 0.3) is 0 Å². The molecule has 2 unspecified atom stereocenters. The van der Waals surface area contributed by atoms with Gasteiger partial charge in [-0.05, 0) is 19.1 Å². The van der Waals surface area contributed by atoms with Gasteiger partial charge in [0, 0.05) is 19.6 Å². The number of hydrogen-bond donors (Lipinski definition) is 3. The summed E-state index contributed by atoms with van der Waals surface area (Å²) in [7, 11) is -4.27. The van der Waals surface area contributed by atoms with Crippen molar-refractivity contribution in [2.24, 2.45) is 0 Å². The third kappa shape index (κ3) is 3.00. The van der Waals surface area contributed by atoms with Crippen molar-refractivity contribution in [3.8, 4) is 0 Å². The Bertz CT molecular complexity index is 653. The van der Waals surface area contributed by atoms with Crippen molar-refractivity contribution in [3.05, 3.63) is 23.8 Å². The predicted octanol–water partition coefficient (Wildman–Crippen LogP) is 0.365. The van der Waals surface area contributed by atoms with Crippen molar-refractivity contribution < 1.29 is 27.0 Å². The first-order chi connectivity index (χ1) is 9.67. The SMILES string of the molecule is CC1OCCC1(O)CNS(=O)(=O)c1ccc(F)c(N)c1F. The smallest absolute Gasteiger partial charge is 0.243 e. The van der Waals surface area contributed by atoms with Crippen LogP contribution in [0.15, 0.2) is 17.0 Å². The maximum absolute atomic E-state index is 13.8. The second kappa shape index (κ2) is 5.48. The highest BCUT2D eigenvalue weighted by Gasteiger charge is 2.40. The molecule has 0 spiro atoms. The summed E-state index contributed by atoms with van der Waals surface area (Å²) in [5.41, 5.74) is 2.90. The van der Waals surface area contributed by atoms with Crippen LogP contribution < -0.4 is 10.5 Å². The molecule has 1 aromatic carbocycles. The zero-order valence-corrected chi connectivity index (χ0v) is 12.1. The van der Waals surface area contributed by atoms with Crippen LogP contribution in [0, 0.1) is 11.6 Å². The van der Waals surface area contributed by atoms with Crippen molar-refractivity contribution in [1.29, 1.82) is 0 Å². The quantitative estimate of drug-likeness (QED) is 0.695. The molecule has 1 aliphatic heterocycles. The fraction of sp³-hybridized carbons (Fsp3) is 0.500. The van der Waals surface area contributed by atoms with Gasteiger partial charge in [0.25, 0.3) is 0 Å². The molecular weight excluding hydrogens is 306 g/mol. The number of hydrogen-bond acceptors (Lipinski definition) is 5. The minimum Gasteiger partial charge on any atom is -0.394 e. The van der Waals surface area contributed by atoms with Crippen molar-refractivity contribution in [2.45, 2.75) is 29.9 Å². The van der Waals surface area contributed by atoms with Crippen molar-refractivity contribution >= 4 is 15.7 Å².